The van der Waals surface area contributed by atoms with Crippen molar-refractivity contribution in [3.05, 3.63) is 47.0 Å². The van der Waals surface area contributed by atoms with Crippen molar-refractivity contribution in [3.8, 4) is 5.69 Å². The molecule has 0 radical (unpaired) electrons. The summed E-state index contributed by atoms with van der Waals surface area (Å²) in [4.78, 5) is 0. The molecule has 2 aromatic rings. The predicted molar refractivity (Wildman–Crippen MR) is 77.5 cm³/mol. The molecular weight excluding hydrogens is 253 g/mol. The van der Waals surface area contributed by atoms with Crippen molar-refractivity contribution in [2.75, 3.05) is 0 Å². The van der Waals surface area contributed by atoms with E-state index >= 15 is 0 Å². The first kappa shape index (κ1) is 13.3. The summed E-state index contributed by atoms with van der Waals surface area (Å²) >= 11 is 0. The van der Waals surface area contributed by atoms with Crippen molar-refractivity contribution in [1.29, 1.82) is 0 Å². The van der Waals surface area contributed by atoms with Crippen LogP contribution in [0, 0.1) is 12.7 Å². The molecule has 3 rings (SSSR count). The lowest BCUT2D eigenvalue weighted by molar-refractivity contribution is 0.625. The summed E-state index contributed by atoms with van der Waals surface area (Å²) in [7, 11) is 0. The zero-order chi connectivity index (χ0) is 14.1. The van der Waals surface area contributed by atoms with E-state index in [2.05, 4.69) is 17.3 Å². The minimum Gasteiger partial charge on any atom is -0.310 e. The first-order valence-corrected chi connectivity index (χ1v) is 7.24. The zero-order valence-corrected chi connectivity index (χ0v) is 12.0. The first-order valence-electron chi connectivity index (χ1n) is 7.24. The van der Waals surface area contributed by atoms with Crippen molar-refractivity contribution in [1.82, 2.24) is 15.1 Å². The van der Waals surface area contributed by atoms with Crippen molar-refractivity contribution < 1.29 is 4.39 Å². The highest BCUT2D eigenvalue weighted by Gasteiger charge is 2.21. The highest BCUT2D eigenvalue weighted by atomic mass is 19.1. The van der Waals surface area contributed by atoms with Gasteiger partial charge in [-0.05, 0) is 49.9 Å². The summed E-state index contributed by atoms with van der Waals surface area (Å²) in [5.41, 5.74) is 4.31. The maximum atomic E-state index is 13.2. The summed E-state index contributed by atoms with van der Waals surface area (Å²) in [5, 5.41) is 8.02. The number of benzene rings is 1. The van der Waals surface area contributed by atoms with E-state index in [9.17, 15) is 4.39 Å². The SMILES string of the molecule is CCc1c(CNC2CC2)cnn1-c1ccc(F)cc1C. The van der Waals surface area contributed by atoms with Gasteiger partial charge in [-0.3, -0.25) is 0 Å². The maximum Gasteiger partial charge on any atom is 0.123 e. The third kappa shape index (κ3) is 2.61. The summed E-state index contributed by atoms with van der Waals surface area (Å²) < 4.78 is 15.2. The molecule has 0 spiro atoms. The number of hydrogen-bond donors (Lipinski definition) is 1. The van der Waals surface area contributed by atoms with Gasteiger partial charge in [-0.1, -0.05) is 6.92 Å². The van der Waals surface area contributed by atoms with Crippen molar-refractivity contribution in [3.63, 3.8) is 0 Å². The van der Waals surface area contributed by atoms with Gasteiger partial charge in [-0.15, -0.1) is 0 Å². The fourth-order valence-electron chi connectivity index (χ4n) is 2.54. The van der Waals surface area contributed by atoms with Crippen molar-refractivity contribution in [2.24, 2.45) is 0 Å². The molecule has 1 saturated carbocycles. The van der Waals surface area contributed by atoms with Gasteiger partial charge < -0.3 is 5.32 Å². The van der Waals surface area contributed by atoms with E-state index in [1.807, 2.05) is 17.8 Å². The van der Waals surface area contributed by atoms with Gasteiger partial charge in [0.2, 0.25) is 0 Å². The summed E-state index contributed by atoms with van der Waals surface area (Å²) in [6.07, 6.45) is 5.41. The van der Waals surface area contributed by atoms with Crippen LogP contribution in [0.2, 0.25) is 0 Å². The average Bonchev–Trinajstić information content (AvgIpc) is 3.16. The summed E-state index contributed by atoms with van der Waals surface area (Å²) in [5.74, 6) is -0.202. The lowest BCUT2D eigenvalue weighted by atomic mass is 10.1. The lowest BCUT2D eigenvalue weighted by Crippen LogP contribution is -2.16. The number of hydrogen-bond acceptors (Lipinski definition) is 2. The lowest BCUT2D eigenvalue weighted by Gasteiger charge is -2.11. The second-order valence-corrected chi connectivity index (χ2v) is 5.47. The van der Waals surface area contributed by atoms with Crippen LogP contribution in [-0.2, 0) is 13.0 Å². The van der Waals surface area contributed by atoms with Crippen LogP contribution < -0.4 is 5.32 Å². The van der Waals surface area contributed by atoms with Gasteiger partial charge in [0, 0.05) is 23.8 Å². The van der Waals surface area contributed by atoms with E-state index in [0.717, 1.165) is 24.2 Å². The molecule has 0 amide bonds. The Morgan fingerprint density at radius 1 is 1.40 bits per heavy atom. The minimum atomic E-state index is -0.202. The van der Waals surface area contributed by atoms with Gasteiger partial charge in [-0.2, -0.15) is 5.10 Å². The Labute approximate surface area is 118 Å². The van der Waals surface area contributed by atoms with E-state index in [1.165, 1.54) is 30.2 Å². The summed E-state index contributed by atoms with van der Waals surface area (Å²) in [6.45, 7) is 4.92. The van der Waals surface area contributed by atoms with Crippen molar-refractivity contribution in [2.45, 2.75) is 45.7 Å². The quantitative estimate of drug-likeness (QED) is 0.907. The van der Waals surface area contributed by atoms with Crippen LogP contribution in [0.15, 0.2) is 24.4 Å². The van der Waals surface area contributed by atoms with Crippen LogP contribution in [0.1, 0.15) is 36.6 Å². The third-order valence-corrected chi connectivity index (χ3v) is 3.84. The van der Waals surface area contributed by atoms with E-state index < -0.39 is 0 Å². The van der Waals surface area contributed by atoms with Crippen molar-refractivity contribution >= 4 is 0 Å². The molecule has 4 heteroatoms. The molecular formula is C16H20FN3. The zero-order valence-electron chi connectivity index (χ0n) is 12.0. The largest absolute Gasteiger partial charge is 0.310 e. The number of nitrogens with one attached hydrogen (secondary N) is 1. The normalized spacial score (nSPS) is 14.8. The maximum absolute atomic E-state index is 13.2. The monoisotopic (exact) mass is 273 g/mol. The van der Waals surface area contributed by atoms with Gasteiger partial charge in [0.15, 0.2) is 0 Å². The van der Waals surface area contributed by atoms with Gasteiger partial charge in [0.25, 0.3) is 0 Å². The predicted octanol–water partition coefficient (Wildman–Crippen LogP) is 3.13. The van der Waals surface area contributed by atoms with Crippen LogP contribution in [0.4, 0.5) is 4.39 Å². The molecule has 1 fully saturated rings. The van der Waals surface area contributed by atoms with E-state index in [4.69, 9.17) is 0 Å². The average molecular weight is 273 g/mol. The van der Waals surface area contributed by atoms with Crippen LogP contribution in [-0.4, -0.2) is 15.8 Å². The molecule has 106 valence electrons. The molecule has 1 aromatic carbocycles. The van der Waals surface area contributed by atoms with Gasteiger partial charge in [0.1, 0.15) is 5.82 Å². The van der Waals surface area contributed by atoms with Crippen LogP contribution in [0.25, 0.3) is 5.69 Å². The second kappa shape index (κ2) is 5.37. The molecule has 1 aliphatic rings. The highest BCUT2D eigenvalue weighted by Crippen LogP contribution is 2.22. The van der Waals surface area contributed by atoms with E-state index in [1.54, 1.807) is 12.1 Å². The van der Waals surface area contributed by atoms with Crippen LogP contribution >= 0.6 is 0 Å². The molecule has 0 aliphatic heterocycles. The third-order valence-electron chi connectivity index (χ3n) is 3.84. The first-order chi connectivity index (χ1) is 9.69. The Bertz CT molecular complexity index is 614. The minimum absolute atomic E-state index is 0.202. The molecule has 0 bridgehead atoms. The van der Waals surface area contributed by atoms with Gasteiger partial charge in [0.05, 0.1) is 11.9 Å². The Kier molecular flexibility index (Phi) is 3.57. The van der Waals surface area contributed by atoms with Gasteiger partial charge >= 0.3 is 0 Å². The fraction of sp³-hybridized carbons (Fsp3) is 0.438. The van der Waals surface area contributed by atoms with E-state index in [0.29, 0.717) is 6.04 Å². The standard InChI is InChI=1S/C16H20FN3/c1-3-15-12(9-18-14-5-6-14)10-19-20(15)16-7-4-13(17)8-11(16)2/h4,7-8,10,14,18H,3,5-6,9H2,1-2H3. The van der Waals surface area contributed by atoms with E-state index in [-0.39, 0.29) is 5.82 Å². The Balaban J connectivity index is 1.91. The Hall–Kier alpha value is -1.68. The summed E-state index contributed by atoms with van der Waals surface area (Å²) in [6, 6.07) is 5.54. The van der Waals surface area contributed by atoms with Crippen LogP contribution in [0.5, 0.6) is 0 Å². The molecule has 0 unspecified atom stereocenters. The fourth-order valence-corrected chi connectivity index (χ4v) is 2.54. The molecule has 1 heterocycles. The molecule has 3 nitrogen and oxygen atoms in total. The molecule has 1 aliphatic carbocycles. The second-order valence-electron chi connectivity index (χ2n) is 5.47. The smallest absolute Gasteiger partial charge is 0.123 e. The number of aryl methyl sites for hydroxylation is 1. The molecule has 0 atom stereocenters. The topological polar surface area (TPSA) is 29.9 Å². The molecule has 20 heavy (non-hydrogen) atoms. The van der Waals surface area contributed by atoms with Gasteiger partial charge in [-0.25, -0.2) is 9.07 Å². The molecule has 1 aromatic heterocycles. The number of rotatable bonds is 5. The number of nitrogens with zero attached hydrogens (tertiary/aromatic N) is 2. The molecule has 0 saturated heterocycles. The number of aromatic nitrogens is 2. The number of halogens is 1. The highest BCUT2D eigenvalue weighted by molar-refractivity contribution is 5.42. The Morgan fingerprint density at radius 2 is 2.20 bits per heavy atom. The molecule has 1 N–H and O–H groups in total. The Morgan fingerprint density at radius 3 is 2.85 bits per heavy atom. The van der Waals surface area contributed by atoms with Crippen LogP contribution in [0.3, 0.4) is 0 Å².